The number of benzene rings is 2. The zero-order valence-corrected chi connectivity index (χ0v) is 12.9. The van der Waals surface area contributed by atoms with Gasteiger partial charge in [0.05, 0.1) is 31.8 Å². The van der Waals surface area contributed by atoms with Crippen molar-refractivity contribution in [2.24, 2.45) is 0 Å². The molecule has 1 aliphatic rings. The van der Waals surface area contributed by atoms with Gasteiger partial charge in [-0.15, -0.1) is 0 Å². The van der Waals surface area contributed by atoms with Crippen LogP contribution >= 0.6 is 0 Å². The molecule has 1 aliphatic heterocycles. The monoisotopic (exact) mass is 312 g/mol. The van der Waals surface area contributed by atoms with Crippen molar-refractivity contribution in [3.8, 4) is 11.5 Å². The number of Topliss-reactive ketones (excluding diaryl/α,β-unsaturated/α-hetero) is 1. The molecule has 0 spiro atoms. The minimum atomic E-state index is -0.423. The summed E-state index contributed by atoms with van der Waals surface area (Å²) < 4.78 is 15.8. The van der Waals surface area contributed by atoms with Crippen molar-refractivity contribution < 1.29 is 23.8 Å². The van der Waals surface area contributed by atoms with Crippen molar-refractivity contribution in [3.05, 3.63) is 59.2 Å². The van der Waals surface area contributed by atoms with E-state index < -0.39 is 12.1 Å². The number of fused-ring (bicyclic) bond motifs is 1. The molecule has 3 rings (SSSR count). The van der Waals surface area contributed by atoms with Crippen LogP contribution in [0.3, 0.4) is 0 Å². The Hall–Kier alpha value is -2.82. The highest BCUT2D eigenvalue weighted by molar-refractivity contribution is 6.00. The first-order valence-corrected chi connectivity index (χ1v) is 7.18. The van der Waals surface area contributed by atoms with E-state index in [4.69, 9.17) is 14.2 Å². The standard InChI is InChI=1S/C18H16O5/c1-21-13-6-7-16-14(9-13)15(19)10-17(23-16)11-4-3-5-12(8-11)18(20)22-2/h3-9,17H,10H2,1-2H3. The number of rotatable bonds is 3. The van der Waals surface area contributed by atoms with Gasteiger partial charge in [0.1, 0.15) is 17.6 Å². The van der Waals surface area contributed by atoms with Crippen LogP contribution in [0.4, 0.5) is 0 Å². The zero-order chi connectivity index (χ0) is 16.4. The smallest absolute Gasteiger partial charge is 0.337 e. The summed E-state index contributed by atoms with van der Waals surface area (Å²) in [6, 6.07) is 12.1. The van der Waals surface area contributed by atoms with Crippen LogP contribution in [0.25, 0.3) is 0 Å². The lowest BCUT2D eigenvalue weighted by molar-refractivity contribution is 0.0600. The minimum Gasteiger partial charge on any atom is -0.497 e. The topological polar surface area (TPSA) is 61.8 Å². The first-order chi connectivity index (χ1) is 11.1. The van der Waals surface area contributed by atoms with E-state index in [2.05, 4.69) is 0 Å². The molecule has 1 atom stereocenters. The Morgan fingerprint density at radius 1 is 1.17 bits per heavy atom. The van der Waals surface area contributed by atoms with Crippen LogP contribution in [0.1, 0.15) is 38.8 Å². The van der Waals surface area contributed by atoms with E-state index in [1.807, 2.05) is 6.07 Å². The normalized spacial score (nSPS) is 16.3. The molecule has 1 unspecified atom stereocenters. The third-order valence-corrected chi connectivity index (χ3v) is 3.81. The van der Waals surface area contributed by atoms with Crippen molar-refractivity contribution in [2.45, 2.75) is 12.5 Å². The summed E-state index contributed by atoms with van der Waals surface area (Å²) in [5, 5.41) is 0. The van der Waals surface area contributed by atoms with Crippen LogP contribution in [-0.2, 0) is 4.74 Å². The minimum absolute atomic E-state index is 0.0152. The number of ketones is 1. The summed E-state index contributed by atoms with van der Waals surface area (Å²) in [6.45, 7) is 0. The van der Waals surface area contributed by atoms with Gasteiger partial charge in [0.25, 0.3) is 0 Å². The highest BCUT2D eigenvalue weighted by atomic mass is 16.5. The highest BCUT2D eigenvalue weighted by Gasteiger charge is 2.28. The van der Waals surface area contributed by atoms with Gasteiger partial charge in [0, 0.05) is 0 Å². The highest BCUT2D eigenvalue weighted by Crippen LogP contribution is 2.36. The summed E-state index contributed by atoms with van der Waals surface area (Å²) in [5.41, 5.74) is 1.72. The number of carbonyl (C=O) groups is 2. The lowest BCUT2D eigenvalue weighted by atomic mass is 9.95. The van der Waals surface area contributed by atoms with Gasteiger partial charge in [0.15, 0.2) is 5.78 Å². The second-order valence-corrected chi connectivity index (χ2v) is 5.21. The molecule has 0 saturated heterocycles. The maximum absolute atomic E-state index is 12.4. The molecule has 0 aliphatic carbocycles. The first-order valence-electron chi connectivity index (χ1n) is 7.18. The average molecular weight is 312 g/mol. The molecule has 5 heteroatoms. The van der Waals surface area contributed by atoms with Crippen molar-refractivity contribution in [1.29, 1.82) is 0 Å². The van der Waals surface area contributed by atoms with E-state index in [9.17, 15) is 9.59 Å². The zero-order valence-electron chi connectivity index (χ0n) is 12.9. The predicted octanol–water partition coefficient (Wildman–Crippen LogP) is 3.19. The van der Waals surface area contributed by atoms with E-state index in [0.29, 0.717) is 22.6 Å². The van der Waals surface area contributed by atoms with Gasteiger partial charge in [-0.05, 0) is 35.9 Å². The van der Waals surface area contributed by atoms with Gasteiger partial charge in [-0.25, -0.2) is 4.79 Å². The van der Waals surface area contributed by atoms with Gasteiger partial charge in [0.2, 0.25) is 0 Å². The number of hydrogen-bond donors (Lipinski definition) is 0. The Labute approximate surface area is 133 Å². The van der Waals surface area contributed by atoms with Crippen molar-refractivity contribution in [3.63, 3.8) is 0 Å². The summed E-state index contributed by atoms with van der Waals surface area (Å²) in [4.78, 5) is 24.0. The molecule has 2 aromatic carbocycles. The van der Waals surface area contributed by atoms with Crippen LogP contribution in [0.5, 0.6) is 11.5 Å². The van der Waals surface area contributed by atoms with Crippen molar-refractivity contribution >= 4 is 11.8 Å². The number of carbonyl (C=O) groups excluding carboxylic acids is 2. The SMILES string of the molecule is COC(=O)c1cccc(C2CC(=O)c3cc(OC)ccc3O2)c1. The second kappa shape index (κ2) is 6.12. The molecule has 0 amide bonds. The Morgan fingerprint density at radius 3 is 2.74 bits per heavy atom. The third kappa shape index (κ3) is 2.90. The fourth-order valence-electron chi connectivity index (χ4n) is 2.60. The lowest BCUT2D eigenvalue weighted by Crippen LogP contribution is -2.20. The van der Waals surface area contributed by atoms with Crippen LogP contribution in [-0.4, -0.2) is 26.0 Å². The summed E-state index contributed by atoms with van der Waals surface area (Å²) in [7, 11) is 2.89. The largest absolute Gasteiger partial charge is 0.497 e. The van der Waals surface area contributed by atoms with E-state index in [0.717, 1.165) is 5.56 Å². The predicted molar refractivity (Wildman–Crippen MR) is 83.1 cm³/mol. The lowest BCUT2D eigenvalue weighted by Gasteiger charge is -2.26. The molecule has 0 fully saturated rings. The van der Waals surface area contributed by atoms with Crippen LogP contribution < -0.4 is 9.47 Å². The average Bonchev–Trinajstić information content (AvgIpc) is 2.60. The van der Waals surface area contributed by atoms with Gasteiger partial charge in [-0.3, -0.25) is 4.79 Å². The summed E-state index contributed by atoms with van der Waals surface area (Å²) in [6.07, 6.45) is -0.210. The molecule has 118 valence electrons. The van der Waals surface area contributed by atoms with E-state index in [1.165, 1.54) is 7.11 Å². The molecule has 0 bridgehead atoms. The number of ether oxygens (including phenoxy) is 3. The van der Waals surface area contributed by atoms with E-state index in [-0.39, 0.29) is 12.2 Å². The van der Waals surface area contributed by atoms with E-state index >= 15 is 0 Å². The molecule has 1 heterocycles. The third-order valence-electron chi connectivity index (χ3n) is 3.81. The molecule has 2 aromatic rings. The molecule has 0 N–H and O–H groups in total. The second-order valence-electron chi connectivity index (χ2n) is 5.21. The Balaban J connectivity index is 1.91. The molecular weight excluding hydrogens is 296 g/mol. The van der Waals surface area contributed by atoms with Gasteiger partial charge in [-0.1, -0.05) is 12.1 Å². The fourth-order valence-corrected chi connectivity index (χ4v) is 2.60. The maximum atomic E-state index is 12.4. The number of hydrogen-bond acceptors (Lipinski definition) is 5. The van der Waals surface area contributed by atoms with Gasteiger partial charge in [-0.2, -0.15) is 0 Å². The first kappa shape index (κ1) is 15.1. The molecule has 0 aromatic heterocycles. The van der Waals surface area contributed by atoms with Crippen molar-refractivity contribution in [2.75, 3.05) is 14.2 Å². The summed E-state index contributed by atoms with van der Waals surface area (Å²) in [5.74, 6) is 0.708. The fraction of sp³-hybridized carbons (Fsp3) is 0.222. The summed E-state index contributed by atoms with van der Waals surface area (Å²) >= 11 is 0. The number of methoxy groups -OCH3 is 2. The van der Waals surface area contributed by atoms with Gasteiger partial charge < -0.3 is 14.2 Å². The quantitative estimate of drug-likeness (QED) is 0.815. The number of esters is 1. The molecule has 0 radical (unpaired) electrons. The van der Waals surface area contributed by atoms with Crippen LogP contribution in [0, 0.1) is 0 Å². The van der Waals surface area contributed by atoms with Crippen molar-refractivity contribution in [1.82, 2.24) is 0 Å². The van der Waals surface area contributed by atoms with Crippen LogP contribution in [0.2, 0.25) is 0 Å². The van der Waals surface area contributed by atoms with Gasteiger partial charge >= 0.3 is 5.97 Å². The molecular formula is C18H16O5. The van der Waals surface area contributed by atoms with Crippen LogP contribution in [0.15, 0.2) is 42.5 Å². The Bertz CT molecular complexity index is 766. The maximum Gasteiger partial charge on any atom is 0.337 e. The Morgan fingerprint density at radius 2 is 2.00 bits per heavy atom. The molecule has 23 heavy (non-hydrogen) atoms. The molecule has 0 saturated carbocycles. The van der Waals surface area contributed by atoms with E-state index in [1.54, 1.807) is 43.5 Å². The Kier molecular flexibility index (Phi) is 4.02. The molecule has 5 nitrogen and oxygen atoms in total.